The van der Waals surface area contributed by atoms with Crippen LogP contribution in [0.3, 0.4) is 0 Å². The zero-order chi connectivity index (χ0) is 23.4. The van der Waals surface area contributed by atoms with Crippen LogP contribution in [0.2, 0.25) is 0 Å². The lowest BCUT2D eigenvalue weighted by Gasteiger charge is -2.36. The average molecular weight is 454 g/mol. The third kappa shape index (κ3) is 4.64. The van der Waals surface area contributed by atoms with E-state index < -0.39 is 0 Å². The molecule has 0 aliphatic carbocycles. The maximum Gasteiger partial charge on any atom is 0.321 e. The molecule has 0 atom stereocenters. The summed E-state index contributed by atoms with van der Waals surface area (Å²) in [7, 11) is 6.20. The number of carbonyl (C=O) groups excluding carboxylic acids is 1. The molecule has 2 aromatic carbocycles. The van der Waals surface area contributed by atoms with Gasteiger partial charge in [-0.15, -0.1) is 0 Å². The number of nitrogens with zero attached hydrogens (tertiary/aromatic N) is 3. The molecule has 1 N–H and O–H groups in total. The number of benzene rings is 2. The fourth-order valence-corrected chi connectivity index (χ4v) is 3.68. The third-order valence-corrected chi connectivity index (χ3v) is 5.46. The molecule has 1 aliphatic rings. The number of para-hydroxylation sites is 1. The molecule has 10 heteroatoms. The summed E-state index contributed by atoms with van der Waals surface area (Å²) >= 11 is 0. The molecule has 1 aliphatic heterocycles. The number of aromatic nitrogens is 2. The Bertz CT molecular complexity index is 1100. The number of hydrogen-bond donors (Lipinski definition) is 1. The second kappa shape index (κ2) is 9.68. The van der Waals surface area contributed by atoms with E-state index in [9.17, 15) is 4.79 Å². The van der Waals surface area contributed by atoms with Crippen LogP contribution >= 0.6 is 0 Å². The van der Waals surface area contributed by atoms with Gasteiger partial charge in [0, 0.05) is 37.2 Å². The number of urea groups is 1. The van der Waals surface area contributed by atoms with Gasteiger partial charge in [-0.05, 0) is 6.07 Å². The summed E-state index contributed by atoms with van der Waals surface area (Å²) < 4.78 is 26.8. The Morgan fingerprint density at radius 2 is 1.70 bits per heavy atom. The van der Waals surface area contributed by atoms with Gasteiger partial charge in [0.2, 0.25) is 11.6 Å². The molecule has 4 rings (SSSR count). The highest BCUT2D eigenvalue weighted by Gasteiger charge is 2.36. The highest BCUT2D eigenvalue weighted by atomic mass is 16.5. The monoisotopic (exact) mass is 454 g/mol. The van der Waals surface area contributed by atoms with Crippen LogP contribution in [-0.4, -0.2) is 62.6 Å². The number of likely N-dealkylation sites (tertiary alicyclic amines) is 1. The minimum atomic E-state index is -0.241. The SMILES string of the molecule is COc1ccccc1Cc1noc(C2CN(C(=O)Nc3cc(OC)c(OC)c(OC)c3)C2)n1. The van der Waals surface area contributed by atoms with Crippen LogP contribution < -0.4 is 24.3 Å². The molecular weight excluding hydrogens is 428 g/mol. The number of hydrogen-bond acceptors (Lipinski definition) is 8. The molecule has 2 heterocycles. The second-order valence-corrected chi connectivity index (χ2v) is 7.48. The number of nitrogens with one attached hydrogen (secondary N) is 1. The van der Waals surface area contributed by atoms with Gasteiger partial charge < -0.3 is 33.7 Å². The van der Waals surface area contributed by atoms with Crippen molar-refractivity contribution in [1.82, 2.24) is 15.0 Å². The van der Waals surface area contributed by atoms with Crippen molar-refractivity contribution in [3.8, 4) is 23.0 Å². The number of rotatable bonds is 8. The van der Waals surface area contributed by atoms with Gasteiger partial charge in [0.15, 0.2) is 17.3 Å². The third-order valence-electron chi connectivity index (χ3n) is 5.46. The predicted octanol–water partition coefficient (Wildman–Crippen LogP) is 3.33. The van der Waals surface area contributed by atoms with E-state index in [1.54, 1.807) is 24.1 Å². The van der Waals surface area contributed by atoms with Crippen LogP contribution in [0.1, 0.15) is 23.2 Å². The van der Waals surface area contributed by atoms with Gasteiger partial charge in [-0.2, -0.15) is 4.98 Å². The maximum absolute atomic E-state index is 12.7. The molecule has 1 saturated heterocycles. The minimum Gasteiger partial charge on any atom is -0.496 e. The van der Waals surface area contributed by atoms with E-state index in [1.165, 1.54) is 21.3 Å². The Labute approximate surface area is 191 Å². The van der Waals surface area contributed by atoms with Crippen LogP contribution in [0, 0.1) is 0 Å². The van der Waals surface area contributed by atoms with Crippen LogP contribution in [0.5, 0.6) is 23.0 Å². The summed E-state index contributed by atoms with van der Waals surface area (Å²) in [6, 6.07) is 10.8. The van der Waals surface area contributed by atoms with Crippen LogP contribution in [0.25, 0.3) is 0 Å². The van der Waals surface area contributed by atoms with Gasteiger partial charge >= 0.3 is 6.03 Å². The molecule has 2 amide bonds. The first-order valence-electron chi connectivity index (χ1n) is 10.4. The van der Waals surface area contributed by atoms with Crippen molar-refractivity contribution in [2.24, 2.45) is 0 Å². The van der Waals surface area contributed by atoms with Crippen molar-refractivity contribution in [2.75, 3.05) is 46.8 Å². The van der Waals surface area contributed by atoms with E-state index >= 15 is 0 Å². The Balaban J connectivity index is 1.36. The van der Waals surface area contributed by atoms with Gasteiger partial charge in [-0.25, -0.2) is 4.79 Å². The Morgan fingerprint density at radius 1 is 1.03 bits per heavy atom. The van der Waals surface area contributed by atoms with Crippen LogP contribution in [-0.2, 0) is 6.42 Å². The lowest BCUT2D eigenvalue weighted by atomic mass is 10.0. The molecule has 0 radical (unpaired) electrons. The Kier molecular flexibility index (Phi) is 6.53. The molecule has 0 unspecified atom stereocenters. The smallest absolute Gasteiger partial charge is 0.321 e. The van der Waals surface area contributed by atoms with Gasteiger partial charge in [0.05, 0.1) is 40.0 Å². The maximum atomic E-state index is 12.7. The molecule has 0 bridgehead atoms. The van der Waals surface area contributed by atoms with E-state index in [0.717, 1.165) is 11.3 Å². The van der Waals surface area contributed by atoms with E-state index in [1.807, 2.05) is 24.3 Å². The lowest BCUT2D eigenvalue weighted by molar-refractivity contribution is 0.147. The summed E-state index contributed by atoms with van der Waals surface area (Å²) in [5.41, 5.74) is 1.52. The largest absolute Gasteiger partial charge is 0.496 e. The number of carbonyl (C=O) groups is 1. The van der Waals surface area contributed by atoms with E-state index in [-0.39, 0.29) is 11.9 Å². The number of methoxy groups -OCH3 is 4. The predicted molar refractivity (Wildman–Crippen MR) is 120 cm³/mol. The first-order chi connectivity index (χ1) is 16.1. The zero-order valence-corrected chi connectivity index (χ0v) is 19.0. The molecule has 0 saturated carbocycles. The van der Waals surface area contributed by atoms with Crippen LogP contribution in [0.4, 0.5) is 10.5 Å². The normalized spacial score (nSPS) is 13.3. The molecule has 1 aromatic heterocycles. The minimum absolute atomic E-state index is 0.00499. The number of anilines is 1. The summed E-state index contributed by atoms with van der Waals surface area (Å²) in [5.74, 6) is 3.26. The molecule has 10 nitrogen and oxygen atoms in total. The summed E-state index contributed by atoms with van der Waals surface area (Å²) in [5, 5.41) is 6.94. The van der Waals surface area contributed by atoms with Crippen molar-refractivity contribution >= 4 is 11.7 Å². The molecular formula is C23H26N4O6. The molecule has 1 fully saturated rings. The van der Waals surface area contributed by atoms with Crippen molar-refractivity contribution in [3.05, 3.63) is 53.7 Å². The highest BCUT2D eigenvalue weighted by molar-refractivity contribution is 5.91. The Hall–Kier alpha value is -3.95. The van der Waals surface area contributed by atoms with E-state index in [2.05, 4.69) is 15.5 Å². The summed E-state index contributed by atoms with van der Waals surface area (Å²) in [6.45, 7) is 0.957. The van der Waals surface area contributed by atoms with Gasteiger partial charge in [-0.1, -0.05) is 23.4 Å². The highest BCUT2D eigenvalue weighted by Crippen LogP contribution is 2.40. The second-order valence-electron chi connectivity index (χ2n) is 7.48. The first kappa shape index (κ1) is 22.3. The standard InChI is InChI=1S/C23H26N4O6/c1-29-17-8-6-5-7-14(17)9-20-25-22(33-26-20)15-12-27(13-15)23(28)24-16-10-18(30-2)21(32-4)19(11-16)31-3/h5-8,10-11,15H,9,12-13H2,1-4H3,(H,24,28). The molecule has 33 heavy (non-hydrogen) atoms. The van der Waals surface area contributed by atoms with Crippen LogP contribution in [0.15, 0.2) is 40.9 Å². The number of ether oxygens (including phenoxy) is 4. The number of amides is 2. The van der Waals surface area contributed by atoms with Gasteiger partial charge in [0.1, 0.15) is 5.75 Å². The first-order valence-corrected chi connectivity index (χ1v) is 10.4. The topological polar surface area (TPSA) is 108 Å². The zero-order valence-electron chi connectivity index (χ0n) is 19.0. The quantitative estimate of drug-likeness (QED) is 0.552. The molecule has 174 valence electrons. The van der Waals surface area contributed by atoms with Gasteiger partial charge in [0.25, 0.3) is 0 Å². The van der Waals surface area contributed by atoms with E-state index in [0.29, 0.717) is 54.2 Å². The summed E-state index contributed by atoms with van der Waals surface area (Å²) in [4.78, 5) is 18.8. The molecule has 0 spiro atoms. The lowest BCUT2D eigenvalue weighted by Crippen LogP contribution is -2.50. The summed E-state index contributed by atoms with van der Waals surface area (Å²) in [6.07, 6.45) is 0.506. The average Bonchev–Trinajstić information content (AvgIpc) is 3.25. The van der Waals surface area contributed by atoms with Crippen molar-refractivity contribution in [2.45, 2.75) is 12.3 Å². The fraction of sp³-hybridized carbons (Fsp3) is 0.348. The van der Waals surface area contributed by atoms with E-state index in [4.69, 9.17) is 23.5 Å². The van der Waals surface area contributed by atoms with Gasteiger partial charge in [-0.3, -0.25) is 0 Å². The van der Waals surface area contributed by atoms with Crippen molar-refractivity contribution in [1.29, 1.82) is 0 Å². The Morgan fingerprint density at radius 3 is 2.33 bits per heavy atom. The van der Waals surface area contributed by atoms with Crippen molar-refractivity contribution < 1.29 is 28.3 Å². The molecule has 3 aromatic rings. The van der Waals surface area contributed by atoms with Crippen molar-refractivity contribution in [3.63, 3.8) is 0 Å². The fourth-order valence-electron chi connectivity index (χ4n) is 3.68.